The second-order valence-electron chi connectivity index (χ2n) is 8.25. The summed E-state index contributed by atoms with van der Waals surface area (Å²) in [5, 5.41) is 0. The van der Waals surface area contributed by atoms with Crippen LogP contribution in [0, 0.1) is 12.8 Å². The molecule has 2 aromatic rings. The Morgan fingerprint density at radius 3 is 2.21 bits per heavy atom. The first kappa shape index (κ1) is 24.3. The predicted octanol–water partition coefficient (Wildman–Crippen LogP) is 2.53. The van der Waals surface area contributed by atoms with Gasteiger partial charge in [-0.1, -0.05) is 0 Å². The lowest BCUT2D eigenvalue weighted by Gasteiger charge is -2.29. The minimum absolute atomic E-state index is 0.286. The van der Waals surface area contributed by atoms with Crippen molar-refractivity contribution in [1.29, 1.82) is 0 Å². The van der Waals surface area contributed by atoms with Gasteiger partial charge in [0.2, 0.25) is 5.78 Å². The largest absolute Gasteiger partial charge is 0.497 e. The molecule has 0 aliphatic carbocycles. The molecule has 33 heavy (non-hydrogen) atoms. The van der Waals surface area contributed by atoms with E-state index in [2.05, 4.69) is 0 Å². The maximum absolute atomic E-state index is 13.7. The van der Waals surface area contributed by atoms with Gasteiger partial charge in [0.1, 0.15) is 23.2 Å². The average molecular weight is 455 g/mol. The van der Waals surface area contributed by atoms with Crippen molar-refractivity contribution in [3.05, 3.63) is 53.1 Å². The Labute approximate surface area is 194 Å². The lowest BCUT2D eigenvalue weighted by molar-refractivity contribution is -0.140. The van der Waals surface area contributed by atoms with Gasteiger partial charge in [0.15, 0.2) is 5.78 Å². The maximum Gasteiger partial charge on any atom is 0.291 e. The number of hydrogen-bond donors (Lipinski definition) is 0. The third-order valence-electron chi connectivity index (χ3n) is 5.91. The van der Waals surface area contributed by atoms with Crippen LogP contribution in [0.15, 0.2) is 36.4 Å². The Balaban J connectivity index is 2.14. The van der Waals surface area contributed by atoms with Gasteiger partial charge in [-0.15, -0.1) is 0 Å². The molecule has 0 N–H and O–H groups in total. The van der Waals surface area contributed by atoms with E-state index in [1.165, 1.54) is 19.1 Å². The van der Waals surface area contributed by atoms with Gasteiger partial charge in [-0.2, -0.15) is 0 Å². The molecule has 8 heteroatoms. The van der Waals surface area contributed by atoms with Gasteiger partial charge in [-0.05, 0) is 63.0 Å². The van der Waals surface area contributed by atoms with Crippen molar-refractivity contribution in [2.75, 3.05) is 48.5 Å². The van der Waals surface area contributed by atoms with E-state index in [-0.39, 0.29) is 6.54 Å². The van der Waals surface area contributed by atoms with Crippen LogP contribution in [-0.2, 0) is 9.59 Å². The number of hydrogen-bond acceptors (Lipinski definition) is 7. The molecule has 176 valence electrons. The summed E-state index contributed by atoms with van der Waals surface area (Å²) in [7, 11) is 8.36. The molecule has 0 spiro atoms. The van der Waals surface area contributed by atoms with Crippen LogP contribution in [0.1, 0.15) is 27.5 Å². The molecule has 1 saturated heterocycles. The van der Waals surface area contributed by atoms with Crippen LogP contribution in [0.3, 0.4) is 0 Å². The molecule has 1 amide bonds. The molecular weight excluding hydrogens is 424 g/mol. The van der Waals surface area contributed by atoms with Gasteiger partial charge in [0, 0.05) is 24.2 Å². The van der Waals surface area contributed by atoms with Gasteiger partial charge < -0.3 is 24.0 Å². The van der Waals surface area contributed by atoms with Crippen molar-refractivity contribution < 1.29 is 28.6 Å². The van der Waals surface area contributed by atoms with Gasteiger partial charge >= 0.3 is 0 Å². The normalized spacial score (nSPS) is 18.1. The van der Waals surface area contributed by atoms with Gasteiger partial charge in [0.05, 0.1) is 27.4 Å². The number of amides is 1. The number of likely N-dealkylation sites (N-methyl/N-ethyl adjacent to an activating group) is 1. The minimum atomic E-state index is -1.20. The summed E-state index contributed by atoms with van der Waals surface area (Å²) in [5.74, 6) is -1.36. The third kappa shape index (κ3) is 4.71. The number of nitrogens with zero attached hydrogens (tertiary/aromatic N) is 2. The highest BCUT2D eigenvalue weighted by atomic mass is 16.5. The number of carbonyl (C=O) groups excluding carboxylic acids is 3. The van der Waals surface area contributed by atoms with Crippen LogP contribution in [0.4, 0.5) is 0 Å². The lowest BCUT2D eigenvalue weighted by atomic mass is 9.85. The van der Waals surface area contributed by atoms with E-state index in [9.17, 15) is 14.4 Å². The van der Waals surface area contributed by atoms with Crippen LogP contribution in [-0.4, -0.2) is 75.8 Å². The fourth-order valence-corrected chi connectivity index (χ4v) is 4.16. The third-order valence-corrected chi connectivity index (χ3v) is 5.91. The first-order chi connectivity index (χ1) is 15.7. The second kappa shape index (κ2) is 10.0. The number of rotatable bonds is 9. The summed E-state index contributed by atoms with van der Waals surface area (Å²) in [6.07, 6.45) is 0. The van der Waals surface area contributed by atoms with Crippen molar-refractivity contribution in [3.8, 4) is 17.2 Å². The standard InChI is InChI=1S/C25H30N2O6/c1-15-13-16(7-9-19(15)32-5)23(28)21-22(18-14-17(31-4)8-10-20(18)33-6)27(12-11-26(2)3)25(30)24(21)29/h7-10,13-14,21-22H,11-12H2,1-6H3. The Kier molecular flexibility index (Phi) is 7.38. The van der Waals surface area contributed by atoms with Crippen molar-refractivity contribution in [1.82, 2.24) is 9.80 Å². The molecule has 2 aromatic carbocycles. The molecular formula is C25H30N2O6. The highest BCUT2D eigenvalue weighted by molar-refractivity contribution is 6.44. The molecule has 2 unspecified atom stereocenters. The van der Waals surface area contributed by atoms with Gasteiger partial charge in [-0.25, -0.2) is 0 Å². The molecule has 3 rings (SSSR count). The van der Waals surface area contributed by atoms with Crippen molar-refractivity contribution in [2.24, 2.45) is 5.92 Å². The van der Waals surface area contributed by atoms with Crippen molar-refractivity contribution in [2.45, 2.75) is 13.0 Å². The van der Waals surface area contributed by atoms with Crippen LogP contribution in [0.5, 0.6) is 17.2 Å². The summed E-state index contributed by atoms with van der Waals surface area (Å²) >= 11 is 0. The predicted molar refractivity (Wildman–Crippen MR) is 123 cm³/mol. The number of methoxy groups -OCH3 is 3. The van der Waals surface area contributed by atoms with Crippen molar-refractivity contribution >= 4 is 17.5 Å². The van der Waals surface area contributed by atoms with E-state index >= 15 is 0 Å². The first-order valence-corrected chi connectivity index (χ1v) is 10.6. The molecule has 8 nitrogen and oxygen atoms in total. The van der Waals surface area contributed by atoms with E-state index in [1.54, 1.807) is 43.5 Å². The molecule has 0 radical (unpaired) electrons. The Morgan fingerprint density at radius 2 is 1.64 bits per heavy atom. The highest BCUT2D eigenvalue weighted by Gasteiger charge is 2.52. The summed E-state index contributed by atoms with van der Waals surface area (Å²) in [6.45, 7) is 2.64. The molecule has 0 bridgehead atoms. The number of aryl methyl sites for hydroxylation is 1. The van der Waals surface area contributed by atoms with Gasteiger partial charge in [0.25, 0.3) is 5.91 Å². The lowest BCUT2D eigenvalue weighted by Crippen LogP contribution is -2.36. The first-order valence-electron chi connectivity index (χ1n) is 10.6. The van der Waals surface area contributed by atoms with Crippen LogP contribution in [0.2, 0.25) is 0 Å². The second-order valence-corrected chi connectivity index (χ2v) is 8.25. The number of likely N-dealkylation sites (tertiary alicyclic amines) is 1. The maximum atomic E-state index is 13.7. The Bertz CT molecular complexity index is 1060. The molecule has 1 fully saturated rings. The Hall–Kier alpha value is -3.39. The monoisotopic (exact) mass is 454 g/mol. The van der Waals surface area contributed by atoms with E-state index in [1.807, 2.05) is 25.9 Å². The zero-order valence-corrected chi connectivity index (χ0v) is 19.9. The smallest absolute Gasteiger partial charge is 0.291 e. The van der Waals surface area contributed by atoms with Crippen LogP contribution in [0.25, 0.3) is 0 Å². The average Bonchev–Trinajstić information content (AvgIpc) is 3.06. The van der Waals surface area contributed by atoms with Crippen molar-refractivity contribution in [3.63, 3.8) is 0 Å². The van der Waals surface area contributed by atoms with E-state index < -0.39 is 29.4 Å². The highest BCUT2D eigenvalue weighted by Crippen LogP contribution is 2.43. The molecule has 1 aliphatic rings. The quantitative estimate of drug-likeness (QED) is 0.327. The number of carbonyl (C=O) groups is 3. The fraction of sp³-hybridized carbons (Fsp3) is 0.400. The topological polar surface area (TPSA) is 85.4 Å². The zero-order chi connectivity index (χ0) is 24.3. The number of Topliss-reactive ketones (excluding diaryl/α,β-unsaturated/α-hetero) is 2. The summed E-state index contributed by atoms with van der Waals surface area (Å²) in [4.78, 5) is 43.3. The SMILES string of the molecule is COc1ccc(OC)c(C2C(C(=O)c3ccc(OC)c(C)c3)C(=O)C(=O)N2CCN(C)C)c1. The fourth-order valence-electron chi connectivity index (χ4n) is 4.16. The summed E-state index contributed by atoms with van der Waals surface area (Å²) < 4.78 is 16.2. The van der Waals surface area contributed by atoms with E-state index in [4.69, 9.17) is 14.2 Å². The van der Waals surface area contributed by atoms with E-state index in [0.717, 1.165) is 5.56 Å². The molecule has 1 heterocycles. The van der Waals surface area contributed by atoms with Crippen LogP contribution < -0.4 is 14.2 Å². The number of ketones is 2. The summed E-state index contributed by atoms with van der Waals surface area (Å²) in [5.41, 5.74) is 1.67. The number of ether oxygens (including phenoxy) is 3. The molecule has 1 aliphatic heterocycles. The zero-order valence-electron chi connectivity index (χ0n) is 19.9. The summed E-state index contributed by atoms with van der Waals surface area (Å²) in [6, 6.07) is 9.34. The Morgan fingerprint density at radius 1 is 0.970 bits per heavy atom. The molecule has 2 atom stereocenters. The van der Waals surface area contributed by atoms with Crippen LogP contribution >= 0.6 is 0 Å². The van der Waals surface area contributed by atoms with E-state index in [0.29, 0.717) is 34.9 Å². The molecule has 0 aromatic heterocycles. The van der Waals surface area contributed by atoms with Gasteiger partial charge in [-0.3, -0.25) is 14.4 Å². The number of benzene rings is 2. The minimum Gasteiger partial charge on any atom is -0.497 e. The molecule has 0 saturated carbocycles.